The van der Waals surface area contributed by atoms with E-state index in [0.29, 0.717) is 27.0 Å². The zero-order valence-corrected chi connectivity index (χ0v) is 13.9. The molecule has 0 saturated carbocycles. The van der Waals surface area contributed by atoms with E-state index in [0.717, 1.165) is 0 Å². The van der Waals surface area contributed by atoms with E-state index >= 15 is 0 Å². The molecule has 0 N–H and O–H groups in total. The Kier molecular flexibility index (Phi) is 4.48. The van der Waals surface area contributed by atoms with Gasteiger partial charge in [0.15, 0.2) is 0 Å². The van der Waals surface area contributed by atoms with Crippen molar-refractivity contribution in [1.82, 2.24) is 0 Å². The van der Waals surface area contributed by atoms with Gasteiger partial charge in [0.2, 0.25) is 5.91 Å². The Hall–Kier alpha value is -1.76. The van der Waals surface area contributed by atoms with Crippen molar-refractivity contribution in [3.8, 4) is 0 Å². The van der Waals surface area contributed by atoms with Crippen molar-refractivity contribution >= 4 is 52.2 Å². The van der Waals surface area contributed by atoms with Gasteiger partial charge in [0.05, 0.1) is 20.7 Å². The van der Waals surface area contributed by atoms with Gasteiger partial charge in [-0.1, -0.05) is 35.3 Å². The van der Waals surface area contributed by atoms with Crippen molar-refractivity contribution in [1.29, 1.82) is 0 Å². The number of anilines is 1. The van der Waals surface area contributed by atoms with Crippen LogP contribution in [0.3, 0.4) is 0 Å². The zero-order valence-electron chi connectivity index (χ0n) is 11.6. The lowest BCUT2D eigenvalue weighted by atomic mass is 10.1. The van der Waals surface area contributed by atoms with Crippen LogP contribution < -0.4 is 4.90 Å². The van der Waals surface area contributed by atoms with Crippen LogP contribution in [-0.2, 0) is 4.79 Å². The molecule has 2 aromatic rings. The Morgan fingerprint density at radius 2 is 1.96 bits per heavy atom. The van der Waals surface area contributed by atoms with Gasteiger partial charge in [-0.2, -0.15) is 0 Å². The van der Waals surface area contributed by atoms with Gasteiger partial charge in [-0.25, -0.2) is 0 Å². The summed E-state index contributed by atoms with van der Waals surface area (Å²) in [6.45, 7) is 0. The number of nitrogens with zero attached hydrogens (tertiary/aromatic N) is 2. The van der Waals surface area contributed by atoms with E-state index in [9.17, 15) is 14.9 Å². The predicted octanol–water partition coefficient (Wildman–Crippen LogP) is 4.68. The summed E-state index contributed by atoms with van der Waals surface area (Å²) >= 11 is 13.4. The van der Waals surface area contributed by atoms with Crippen LogP contribution in [-0.4, -0.2) is 16.6 Å². The molecule has 0 radical (unpaired) electrons. The molecule has 1 saturated heterocycles. The summed E-state index contributed by atoms with van der Waals surface area (Å²) in [7, 11) is 0. The molecule has 1 fully saturated rings. The summed E-state index contributed by atoms with van der Waals surface area (Å²) < 4.78 is 0. The summed E-state index contributed by atoms with van der Waals surface area (Å²) in [5.74, 6) is 0.220. The molecule has 8 heteroatoms. The van der Waals surface area contributed by atoms with E-state index in [1.165, 1.54) is 23.9 Å². The molecule has 3 rings (SSSR count). The summed E-state index contributed by atoms with van der Waals surface area (Å²) in [6.07, 6.45) is 0. The molecule has 5 nitrogen and oxygen atoms in total. The Morgan fingerprint density at radius 1 is 1.17 bits per heavy atom. The fourth-order valence-electron chi connectivity index (χ4n) is 2.38. The zero-order chi connectivity index (χ0) is 16.6. The summed E-state index contributed by atoms with van der Waals surface area (Å²) in [5.41, 5.74) is 1.31. The minimum absolute atomic E-state index is 0.00321. The number of non-ortho nitro benzene ring substituents is 1. The standard InChI is InChI=1S/C15H10Cl2N2O3S/c16-12-5-4-10(7-13(12)17)18-14(20)8-23-15(18)9-2-1-3-11(6-9)19(21)22/h1-7,15H,8H2. The molecule has 118 valence electrons. The van der Waals surface area contributed by atoms with E-state index in [1.54, 1.807) is 35.2 Å². The van der Waals surface area contributed by atoms with Crippen molar-refractivity contribution in [3.63, 3.8) is 0 Å². The van der Waals surface area contributed by atoms with Crippen LogP contribution in [0, 0.1) is 10.1 Å². The molecule has 1 atom stereocenters. The van der Waals surface area contributed by atoms with Gasteiger partial charge in [-0.05, 0) is 23.8 Å². The molecular weight excluding hydrogens is 359 g/mol. The van der Waals surface area contributed by atoms with Crippen molar-refractivity contribution in [2.75, 3.05) is 10.7 Å². The van der Waals surface area contributed by atoms with Crippen molar-refractivity contribution in [3.05, 3.63) is 68.2 Å². The van der Waals surface area contributed by atoms with Crippen LogP contribution in [0.25, 0.3) is 0 Å². The second-order valence-corrected chi connectivity index (χ2v) is 6.76. The van der Waals surface area contributed by atoms with Crippen LogP contribution in [0.2, 0.25) is 10.0 Å². The van der Waals surface area contributed by atoms with Crippen molar-refractivity contribution in [2.24, 2.45) is 0 Å². The average Bonchev–Trinajstić information content (AvgIpc) is 2.92. The molecule has 0 spiro atoms. The fourth-order valence-corrected chi connectivity index (χ4v) is 3.84. The maximum absolute atomic E-state index is 12.3. The number of benzene rings is 2. The summed E-state index contributed by atoms with van der Waals surface area (Å²) in [4.78, 5) is 24.4. The molecule has 0 aromatic heterocycles. The maximum Gasteiger partial charge on any atom is 0.269 e. The molecule has 1 aliphatic heterocycles. The predicted molar refractivity (Wildman–Crippen MR) is 92.2 cm³/mol. The molecule has 2 aromatic carbocycles. The third-order valence-corrected chi connectivity index (χ3v) is 5.37. The lowest BCUT2D eigenvalue weighted by Gasteiger charge is -2.24. The Morgan fingerprint density at radius 3 is 2.65 bits per heavy atom. The second-order valence-electron chi connectivity index (χ2n) is 4.88. The van der Waals surface area contributed by atoms with Crippen LogP contribution in [0.15, 0.2) is 42.5 Å². The third kappa shape index (κ3) is 3.15. The van der Waals surface area contributed by atoms with Gasteiger partial charge in [-0.15, -0.1) is 11.8 Å². The topological polar surface area (TPSA) is 63.4 Å². The smallest absolute Gasteiger partial charge is 0.269 e. The highest BCUT2D eigenvalue weighted by atomic mass is 35.5. The van der Waals surface area contributed by atoms with Gasteiger partial charge < -0.3 is 0 Å². The van der Waals surface area contributed by atoms with Gasteiger partial charge in [0.25, 0.3) is 5.69 Å². The number of carbonyl (C=O) groups is 1. The van der Waals surface area contributed by atoms with Crippen molar-refractivity contribution < 1.29 is 9.72 Å². The minimum Gasteiger partial charge on any atom is -0.295 e. The molecular formula is C15H10Cl2N2O3S. The minimum atomic E-state index is -0.450. The number of hydrogen-bond acceptors (Lipinski definition) is 4. The second kappa shape index (κ2) is 6.39. The van der Waals surface area contributed by atoms with E-state index in [4.69, 9.17) is 23.2 Å². The first-order valence-corrected chi connectivity index (χ1v) is 8.41. The first-order chi connectivity index (χ1) is 11.0. The molecule has 0 bridgehead atoms. The molecule has 1 unspecified atom stereocenters. The first kappa shape index (κ1) is 16.1. The first-order valence-electron chi connectivity index (χ1n) is 6.60. The normalized spacial score (nSPS) is 17.6. The quantitative estimate of drug-likeness (QED) is 0.582. The SMILES string of the molecule is O=C1CSC(c2cccc([N+](=O)[O-])c2)N1c1ccc(Cl)c(Cl)c1. The number of hydrogen-bond donors (Lipinski definition) is 0. The number of amides is 1. The number of halogens is 2. The lowest BCUT2D eigenvalue weighted by molar-refractivity contribution is -0.384. The lowest BCUT2D eigenvalue weighted by Crippen LogP contribution is -2.27. The van der Waals surface area contributed by atoms with Crippen molar-refractivity contribution in [2.45, 2.75) is 5.37 Å². The Labute approximate surface area is 146 Å². The number of carbonyl (C=O) groups excluding carboxylic acids is 1. The maximum atomic E-state index is 12.3. The molecule has 1 heterocycles. The van der Waals surface area contributed by atoms with E-state index in [-0.39, 0.29) is 17.0 Å². The summed E-state index contributed by atoms with van der Waals surface area (Å²) in [5, 5.41) is 11.4. The highest BCUT2D eigenvalue weighted by Crippen LogP contribution is 2.43. The highest BCUT2D eigenvalue weighted by molar-refractivity contribution is 8.00. The van der Waals surface area contributed by atoms with Gasteiger partial charge in [0.1, 0.15) is 5.37 Å². The fraction of sp³-hybridized carbons (Fsp3) is 0.133. The molecule has 1 amide bonds. The van der Waals surface area contributed by atoms with Crippen LogP contribution in [0.1, 0.15) is 10.9 Å². The average molecular weight is 369 g/mol. The van der Waals surface area contributed by atoms with Gasteiger partial charge in [0, 0.05) is 17.8 Å². The molecule has 23 heavy (non-hydrogen) atoms. The van der Waals surface area contributed by atoms with Crippen LogP contribution >= 0.6 is 35.0 Å². The molecule has 0 aliphatic carbocycles. The van der Waals surface area contributed by atoms with E-state index in [1.807, 2.05) is 0 Å². The van der Waals surface area contributed by atoms with Gasteiger partial charge >= 0.3 is 0 Å². The van der Waals surface area contributed by atoms with Gasteiger partial charge in [-0.3, -0.25) is 19.8 Å². The van der Waals surface area contributed by atoms with Crippen LogP contribution in [0.4, 0.5) is 11.4 Å². The third-order valence-electron chi connectivity index (χ3n) is 3.42. The van der Waals surface area contributed by atoms with E-state index < -0.39 is 4.92 Å². The number of nitro benzene ring substituents is 1. The number of nitro groups is 1. The largest absolute Gasteiger partial charge is 0.295 e. The monoisotopic (exact) mass is 368 g/mol. The Bertz CT molecular complexity index is 800. The molecule has 1 aliphatic rings. The highest BCUT2D eigenvalue weighted by Gasteiger charge is 2.34. The number of thioether (sulfide) groups is 1. The van der Waals surface area contributed by atoms with E-state index in [2.05, 4.69) is 0 Å². The summed E-state index contributed by atoms with van der Waals surface area (Å²) in [6, 6.07) is 11.3. The Balaban J connectivity index is 2.01. The van der Waals surface area contributed by atoms with Crippen LogP contribution in [0.5, 0.6) is 0 Å². The number of rotatable bonds is 3.